The molecule has 0 aliphatic rings. The Morgan fingerprint density at radius 3 is 2.53 bits per heavy atom. The number of para-hydroxylation sites is 1. The Balaban J connectivity index is 2.26. The van der Waals surface area contributed by atoms with Gasteiger partial charge in [-0.05, 0) is 24.0 Å². The second kappa shape index (κ2) is 6.25. The van der Waals surface area contributed by atoms with E-state index in [1.807, 2.05) is 0 Å². The van der Waals surface area contributed by atoms with Crippen molar-refractivity contribution in [1.82, 2.24) is 9.88 Å². The van der Waals surface area contributed by atoms with Crippen LogP contribution in [0.2, 0.25) is 0 Å². The molecule has 0 saturated carbocycles. The average Bonchev–Trinajstić information content (AvgIpc) is 2.72. The Bertz CT molecular complexity index is 477. The Morgan fingerprint density at radius 1 is 1.11 bits per heavy atom. The molecule has 0 radical (unpaired) electrons. The van der Waals surface area contributed by atoms with Crippen LogP contribution in [0.25, 0.3) is 10.9 Å². The zero-order valence-electron chi connectivity index (χ0n) is 12.6. The Kier molecular flexibility index (Phi) is 4.65. The fourth-order valence-electron chi connectivity index (χ4n) is 2.36. The number of aryl methyl sites for hydroxylation is 1. The molecule has 0 aliphatic carbocycles. The van der Waals surface area contributed by atoms with E-state index in [9.17, 15) is 0 Å². The number of hydrogen-bond acceptors (Lipinski definition) is 1. The van der Waals surface area contributed by atoms with Gasteiger partial charge in [0.25, 0.3) is 0 Å². The number of aromatic nitrogens is 1. The van der Waals surface area contributed by atoms with Crippen LogP contribution in [0.15, 0.2) is 30.5 Å². The van der Waals surface area contributed by atoms with Crippen LogP contribution in [-0.4, -0.2) is 10.6 Å². The van der Waals surface area contributed by atoms with E-state index in [-0.39, 0.29) is 0 Å². The molecule has 2 heteroatoms. The predicted octanol–water partition coefficient (Wildman–Crippen LogP) is 4.19. The second-order valence-corrected chi connectivity index (χ2v) is 6.08. The van der Waals surface area contributed by atoms with Crippen molar-refractivity contribution in [2.24, 2.45) is 5.92 Å². The van der Waals surface area contributed by atoms with Crippen LogP contribution in [0.4, 0.5) is 0 Å². The summed E-state index contributed by atoms with van der Waals surface area (Å²) in [6.07, 6.45) is 3.55. The molecule has 1 heterocycles. The van der Waals surface area contributed by atoms with E-state index in [0.29, 0.717) is 6.04 Å². The van der Waals surface area contributed by atoms with Crippen molar-refractivity contribution < 1.29 is 0 Å². The van der Waals surface area contributed by atoms with Gasteiger partial charge in [0.15, 0.2) is 0 Å². The molecule has 0 amide bonds. The molecule has 0 aliphatic heterocycles. The molecule has 0 fully saturated rings. The van der Waals surface area contributed by atoms with E-state index >= 15 is 0 Å². The van der Waals surface area contributed by atoms with Gasteiger partial charge >= 0.3 is 0 Å². The van der Waals surface area contributed by atoms with Gasteiger partial charge in [0.1, 0.15) is 0 Å². The zero-order valence-corrected chi connectivity index (χ0v) is 12.6. The number of hydrogen-bond donors (Lipinski definition) is 1. The number of nitrogens with one attached hydrogen (secondary N) is 1. The predicted molar refractivity (Wildman–Crippen MR) is 83.4 cm³/mol. The van der Waals surface area contributed by atoms with Crippen LogP contribution in [0.3, 0.4) is 0 Å². The maximum Gasteiger partial charge on any atom is 0.0483 e. The molecule has 0 atom stereocenters. The summed E-state index contributed by atoms with van der Waals surface area (Å²) in [5, 5.41) is 4.91. The van der Waals surface area contributed by atoms with Gasteiger partial charge in [0.05, 0.1) is 0 Å². The van der Waals surface area contributed by atoms with Gasteiger partial charge in [-0.25, -0.2) is 0 Å². The van der Waals surface area contributed by atoms with Crippen LogP contribution in [-0.2, 0) is 13.1 Å². The Hall–Kier alpha value is -1.28. The Morgan fingerprint density at radius 2 is 1.84 bits per heavy atom. The van der Waals surface area contributed by atoms with Crippen molar-refractivity contribution >= 4 is 10.9 Å². The average molecular weight is 258 g/mol. The standard InChI is InChI=1S/C17H26N2/c1-13(2)9-10-19-12-15(11-18-14(3)4)16-7-5-6-8-17(16)19/h5-8,12-14,18H,9-11H2,1-4H3. The molecule has 2 nitrogen and oxygen atoms in total. The second-order valence-electron chi connectivity index (χ2n) is 6.08. The molecule has 1 N–H and O–H groups in total. The fraction of sp³-hybridized carbons (Fsp3) is 0.529. The molecule has 2 rings (SSSR count). The van der Waals surface area contributed by atoms with Crippen LogP contribution in [0.5, 0.6) is 0 Å². The molecule has 2 aromatic rings. The molecule has 1 aromatic heterocycles. The maximum atomic E-state index is 3.52. The topological polar surface area (TPSA) is 17.0 Å². The van der Waals surface area contributed by atoms with E-state index < -0.39 is 0 Å². The molecule has 0 saturated heterocycles. The first kappa shape index (κ1) is 14.1. The lowest BCUT2D eigenvalue weighted by Crippen LogP contribution is -2.21. The van der Waals surface area contributed by atoms with E-state index in [2.05, 4.69) is 68.0 Å². The highest BCUT2D eigenvalue weighted by atomic mass is 15.0. The highest BCUT2D eigenvalue weighted by Crippen LogP contribution is 2.22. The molecular weight excluding hydrogens is 232 g/mol. The Labute approximate surface area is 116 Å². The van der Waals surface area contributed by atoms with Crippen molar-refractivity contribution in [2.45, 2.75) is 53.2 Å². The van der Waals surface area contributed by atoms with E-state index in [4.69, 9.17) is 0 Å². The SMILES string of the molecule is CC(C)CCn1cc(CNC(C)C)c2ccccc21. The minimum atomic E-state index is 0.526. The molecule has 104 valence electrons. The first-order valence-electron chi connectivity index (χ1n) is 7.38. The van der Waals surface area contributed by atoms with Crippen molar-refractivity contribution in [1.29, 1.82) is 0 Å². The third-order valence-electron chi connectivity index (χ3n) is 3.52. The minimum Gasteiger partial charge on any atom is -0.347 e. The third-order valence-corrected chi connectivity index (χ3v) is 3.52. The van der Waals surface area contributed by atoms with Crippen LogP contribution >= 0.6 is 0 Å². The van der Waals surface area contributed by atoms with E-state index in [1.165, 1.54) is 22.9 Å². The molecule has 0 spiro atoms. The minimum absolute atomic E-state index is 0.526. The molecule has 19 heavy (non-hydrogen) atoms. The fourth-order valence-corrected chi connectivity index (χ4v) is 2.36. The summed E-state index contributed by atoms with van der Waals surface area (Å²) in [6.45, 7) is 11.0. The van der Waals surface area contributed by atoms with Crippen molar-refractivity contribution in [3.63, 3.8) is 0 Å². The van der Waals surface area contributed by atoms with Crippen LogP contribution in [0, 0.1) is 5.92 Å². The van der Waals surface area contributed by atoms with Gasteiger partial charge in [0, 0.05) is 36.2 Å². The van der Waals surface area contributed by atoms with Crippen molar-refractivity contribution in [3.05, 3.63) is 36.0 Å². The number of rotatable bonds is 6. The van der Waals surface area contributed by atoms with E-state index in [1.54, 1.807) is 0 Å². The zero-order chi connectivity index (χ0) is 13.8. The summed E-state index contributed by atoms with van der Waals surface area (Å²) in [5.74, 6) is 0.749. The van der Waals surface area contributed by atoms with Gasteiger partial charge in [-0.1, -0.05) is 45.9 Å². The summed E-state index contributed by atoms with van der Waals surface area (Å²) in [7, 11) is 0. The van der Waals surface area contributed by atoms with Gasteiger partial charge in [-0.3, -0.25) is 0 Å². The summed E-state index contributed by atoms with van der Waals surface area (Å²) in [6, 6.07) is 9.26. The largest absolute Gasteiger partial charge is 0.347 e. The molecule has 0 unspecified atom stereocenters. The molecular formula is C17H26N2. The van der Waals surface area contributed by atoms with Gasteiger partial charge in [-0.15, -0.1) is 0 Å². The highest BCUT2D eigenvalue weighted by Gasteiger charge is 2.08. The quantitative estimate of drug-likeness (QED) is 0.822. The summed E-state index contributed by atoms with van der Waals surface area (Å²) < 4.78 is 2.41. The van der Waals surface area contributed by atoms with Gasteiger partial charge in [0.2, 0.25) is 0 Å². The van der Waals surface area contributed by atoms with Crippen molar-refractivity contribution in [2.75, 3.05) is 0 Å². The summed E-state index contributed by atoms with van der Waals surface area (Å²) >= 11 is 0. The lowest BCUT2D eigenvalue weighted by Gasteiger charge is -2.07. The summed E-state index contributed by atoms with van der Waals surface area (Å²) in [4.78, 5) is 0. The van der Waals surface area contributed by atoms with Gasteiger partial charge in [-0.2, -0.15) is 0 Å². The maximum absolute atomic E-state index is 3.52. The lowest BCUT2D eigenvalue weighted by molar-refractivity contribution is 0.523. The third kappa shape index (κ3) is 3.60. The number of benzene rings is 1. The first-order valence-corrected chi connectivity index (χ1v) is 7.38. The lowest BCUT2D eigenvalue weighted by atomic mass is 10.1. The molecule has 1 aromatic carbocycles. The molecule has 0 bridgehead atoms. The van der Waals surface area contributed by atoms with Gasteiger partial charge < -0.3 is 9.88 Å². The van der Waals surface area contributed by atoms with E-state index in [0.717, 1.165) is 19.0 Å². The normalized spacial score (nSPS) is 11.9. The highest BCUT2D eigenvalue weighted by molar-refractivity contribution is 5.83. The number of nitrogens with zero attached hydrogens (tertiary/aromatic N) is 1. The van der Waals surface area contributed by atoms with Crippen LogP contribution < -0.4 is 5.32 Å². The number of fused-ring (bicyclic) bond motifs is 1. The van der Waals surface area contributed by atoms with Crippen molar-refractivity contribution in [3.8, 4) is 0 Å². The monoisotopic (exact) mass is 258 g/mol. The summed E-state index contributed by atoms with van der Waals surface area (Å²) in [5.41, 5.74) is 2.77. The first-order chi connectivity index (χ1) is 9.08. The van der Waals surface area contributed by atoms with Crippen LogP contribution in [0.1, 0.15) is 39.7 Å². The smallest absolute Gasteiger partial charge is 0.0483 e.